The zero-order valence-corrected chi connectivity index (χ0v) is 21.9. The number of rotatable bonds is 16. The molecule has 1 saturated carbocycles. The number of unbranched alkanes of at least 4 members (excludes halogenated alkanes) is 1. The van der Waals surface area contributed by atoms with Crippen molar-refractivity contribution in [2.45, 2.75) is 64.5 Å². The van der Waals surface area contributed by atoms with Gasteiger partial charge in [0.1, 0.15) is 12.4 Å². The molecule has 214 valence electrons. The maximum atomic E-state index is 12.5. The zero-order chi connectivity index (χ0) is 28.1. The molecule has 0 radical (unpaired) electrons. The summed E-state index contributed by atoms with van der Waals surface area (Å²) in [6.07, 6.45) is 12.0. The molecule has 8 nitrogen and oxygen atoms in total. The Morgan fingerprint density at radius 3 is 2.58 bits per heavy atom. The number of amides is 1. The lowest BCUT2D eigenvalue weighted by molar-refractivity contribution is -0.758. The number of ether oxygens (including phenoxy) is 2. The Bertz CT molecular complexity index is 855. The van der Waals surface area contributed by atoms with Gasteiger partial charge >= 0.3 is 6.18 Å². The number of benzene rings is 1. The van der Waals surface area contributed by atoms with E-state index in [1.54, 1.807) is 6.07 Å². The average molecular weight is 545 g/mol. The van der Waals surface area contributed by atoms with Crippen LogP contribution in [-0.4, -0.2) is 44.0 Å². The number of carbonyl (C=O) groups is 1. The molecule has 0 atom stereocenters. The quantitative estimate of drug-likeness (QED) is 0.114. The first-order chi connectivity index (χ1) is 18.2. The van der Waals surface area contributed by atoms with Gasteiger partial charge in [-0.25, -0.2) is 0 Å². The SMILES string of the molecule is C/C=C\CCCC(=O)NCCOCCO[N+](=O)[O-].FC(F)(F)c1cccc(OCC/C=C/C2CCCC2)c1. The first kappa shape index (κ1) is 32.9. The number of alkyl halides is 3. The molecule has 1 aromatic rings. The van der Waals surface area contributed by atoms with Crippen LogP contribution in [0.25, 0.3) is 0 Å². The number of nitrogens with zero attached hydrogens (tertiary/aromatic N) is 1. The van der Waals surface area contributed by atoms with Gasteiger partial charge in [-0.05, 0) is 63.1 Å². The fourth-order valence-electron chi connectivity index (χ4n) is 3.62. The van der Waals surface area contributed by atoms with Crippen molar-refractivity contribution in [3.8, 4) is 5.75 Å². The molecule has 38 heavy (non-hydrogen) atoms. The predicted octanol–water partition coefficient (Wildman–Crippen LogP) is 6.29. The van der Waals surface area contributed by atoms with E-state index in [9.17, 15) is 28.1 Å². The van der Waals surface area contributed by atoms with Crippen molar-refractivity contribution >= 4 is 5.91 Å². The third-order valence-corrected chi connectivity index (χ3v) is 5.53. The maximum Gasteiger partial charge on any atom is 0.416 e. The van der Waals surface area contributed by atoms with E-state index in [1.165, 1.54) is 31.7 Å². The fourth-order valence-corrected chi connectivity index (χ4v) is 3.62. The molecule has 1 aromatic carbocycles. The number of carbonyl (C=O) groups excluding carboxylic acids is 1. The summed E-state index contributed by atoms with van der Waals surface area (Å²) in [6, 6.07) is 5.01. The minimum Gasteiger partial charge on any atom is -0.493 e. The summed E-state index contributed by atoms with van der Waals surface area (Å²) >= 11 is 0. The first-order valence-electron chi connectivity index (χ1n) is 12.9. The van der Waals surface area contributed by atoms with Gasteiger partial charge in [0.05, 0.1) is 25.4 Å². The molecule has 1 N–H and O–H groups in total. The van der Waals surface area contributed by atoms with E-state index >= 15 is 0 Å². The summed E-state index contributed by atoms with van der Waals surface area (Å²) in [7, 11) is 0. The van der Waals surface area contributed by atoms with Gasteiger partial charge in [-0.15, -0.1) is 10.1 Å². The highest BCUT2D eigenvalue weighted by molar-refractivity contribution is 5.75. The Morgan fingerprint density at radius 1 is 1.13 bits per heavy atom. The van der Waals surface area contributed by atoms with Gasteiger partial charge in [-0.3, -0.25) is 4.79 Å². The fraction of sp³-hybridized carbons (Fsp3) is 0.593. The van der Waals surface area contributed by atoms with Crippen LogP contribution in [0.15, 0.2) is 48.6 Å². The van der Waals surface area contributed by atoms with E-state index in [0.717, 1.165) is 31.4 Å². The lowest BCUT2D eigenvalue weighted by Crippen LogP contribution is -2.27. The largest absolute Gasteiger partial charge is 0.493 e. The molecular weight excluding hydrogens is 505 g/mol. The third kappa shape index (κ3) is 17.4. The van der Waals surface area contributed by atoms with Gasteiger partial charge in [0.15, 0.2) is 0 Å². The molecule has 0 spiro atoms. The Labute approximate surface area is 222 Å². The van der Waals surface area contributed by atoms with E-state index in [-0.39, 0.29) is 24.9 Å². The lowest BCUT2D eigenvalue weighted by atomic mass is 10.1. The van der Waals surface area contributed by atoms with Crippen molar-refractivity contribution in [2.75, 3.05) is 33.0 Å². The topological polar surface area (TPSA) is 99.9 Å². The molecule has 1 aliphatic rings. The van der Waals surface area contributed by atoms with Gasteiger partial charge in [0, 0.05) is 13.0 Å². The second-order valence-electron chi connectivity index (χ2n) is 8.62. The minimum absolute atomic E-state index is 0.00959. The second kappa shape index (κ2) is 20.0. The Morgan fingerprint density at radius 2 is 1.89 bits per heavy atom. The minimum atomic E-state index is -4.32. The van der Waals surface area contributed by atoms with Gasteiger partial charge < -0.3 is 19.6 Å². The van der Waals surface area contributed by atoms with Crippen molar-refractivity contribution in [1.82, 2.24) is 5.32 Å². The lowest BCUT2D eigenvalue weighted by Gasteiger charge is -2.09. The number of hydrogen-bond acceptors (Lipinski definition) is 6. The third-order valence-electron chi connectivity index (χ3n) is 5.53. The monoisotopic (exact) mass is 544 g/mol. The van der Waals surface area contributed by atoms with Crippen LogP contribution in [0.2, 0.25) is 0 Å². The van der Waals surface area contributed by atoms with Crippen LogP contribution < -0.4 is 10.1 Å². The highest BCUT2D eigenvalue weighted by Gasteiger charge is 2.30. The van der Waals surface area contributed by atoms with E-state index < -0.39 is 16.8 Å². The molecule has 1 fully saturated rings. The predicted molar refractivity (Wildman–Crippen MR) is 138 cm³/mol. The van der Waals surface area contributed by atoms with Crippen LogP contribution in [-0.2, 0) is 20.5 Å². The first-order valence-corrected chi connectivity index (χ1v) is 12.9. The molecular formula is C27H39F3N2O6. The van der Waals surface area contributed by atoms with Crippen molar-refractivity contribution in [3.05, 3.63) is 64.2 Å². The van der Waals surface area contributed by atoms with Crippen molar-refractivity contribution < 1.29 is 37.4 Å². The van der Waals surface area contributed by atoms with Crippen LogP contribution in [0.3, 0.4) is 0 Å². The van der Waals surface area contributed by atoms with Gasteiger partial charge in [0.25, 0.3) is 5.09 Å². The number of nitrogens with one attached hydrogen (secondary N) is 1. The van der Waals surface area contributed by atoms with Crippen molar-refractivity contribution in [1.29, 1.82) is 0 Å². The number of allylic oxidation sites excluding steroid dienone is 3. The van der Waals surface area contributed by atoms with Gasteiger partial charge in [-0.2, -0.15) is 13.2 Å². The van der Waals surface area contributed by atoms with E-state index in [0.29, 0.717) is 32.1 Å². The summed E-state index contributed by atoms with van der Waals surface area (Å²) < 4.78 is 47.9. The van der Waals surface area contributed by atoms with Gasteiger partial charge in [0.2, 0.25) is 5.91 Å². The number of hydrogen-bond donors (Lipinski definition) is 1. The molecule has 0 unspecified atom stereocenters. The molecule has 1 amide bonds. The Balaban J connectivity index is 0.000000383. The number of halogens is 3. The zero-order valence-electron chi connectivity index (χ0n) is 21.9. The Hall–Kier alpha value is -3.08. The summed E-state index contributed by atoms with van der Waals surface area (Å²) in [6.45, 7) is 3.12. The van der Waals surface area contributed by atoms with E-state index in [2.05, 4.69) is 22.3 Å². The standard InChI is InChI=1S/C16H19F3O.C11H20N2O5/c17-16(18,19)14-9-5-10-15(12-14)20-11-4-3-8-13-6-1-2-7-13;1-2-3-4-5-6-11(14)12-7-8-17-9-10-18-13(15)16/h3,5,8-10,12-13H,1-2,4,6-7,11H2;2-3H,4-10H2,1H3,(H,12,14)/b8-3+;3-2-. The highest BCUT2D eigenvalue weighted by Crippen LogP contribution is 2.31. The van der Waals surface area contributed by atoms with E-state index in [4.69, 9.17) is 9.47 Å². The Kier molecular flexibility index (Phi) is 17.3. The van der Waals surface area contributed by atoms with Crippen molar-refractivity contribution in [2.24, 2.45) is 5.92 Å². The normalized spacial score (nSPS) is 13.9. The second-order valence-corrected chi connectivity index (χ2v) is 8.62. The van der Waals surface area contributed by atoms with Crippen molar-refractivity contribution in [3.63, 3.8) is 0 Å². The average Bonchev–Trinajstić information content (AvgIpc) is 3.39. The maximum absolute atomic E-state index is 12.5. The van der Waals surface area contributed by atoms with Crippen LogP contribution in [0.4, 0.5) is 13.2 Å². The summed E-state index contributed by atoms with van der Waals surface area (Å²) in [5.74, 6) is 0.947. The van der Waals surface area contributed by atoms with Crippen LogP contribution in [0.5, 0.6) is 5.75 Å². The van der Waals surface area contributed by atoms with Gasteiger partial charge in [-0.1, -0.05) is 43.2 Å². The smallest absolute Gasteiger partial charge is 0.416 e. The molecule has 0 saturated heterocycles. The molecule has 0 aromatic heterocycles. The van der Waals surface area contributed by atoms with Crippen LogP contribution >= 0.6 is 0 Å². The highest BCUT2D eigenvalue weighted by atomic mass is 19.4. The van der Waals surface area contributed by atoms with Crippen LogP contribution in [0.1, 0.15) is 63.9 Å². The van der Waals surface area contributed by atoms with E-state index in [1.807, 2.05) is 19.1 Å². The molecule has 0 heterocycles. The molecule has 2 rings (SSSR count). The molecule has 0 bridgehead atoms. The van der Waals surface area contributed by atoms with Crippen LogP contribution in [0, 0.1) is 16.0 Å². The summed E-state index contributed by atoms with van der Waals surface area (Å²) in [4.78, 5) is 25.1. The molecule has 11 heteroatoms. The summed E-state index contributed by atoms with van der Waals surface area (Å²) in [5, 5.41) is 11.6. The molecule has 0 aliphatic heterocycles. The summed E-state index contributed by atoms with van der Waals surface area (Å²) in [5.41, 5.74) is -0.670. The molecule has 1 aliphatic carbocycles.